The lowest BCUT2D eigenvalue weighted by Crippen LogP contribution is -2.31. The van der Waals surface area contributed by atoms with Crippen LogP contribution in [0.2, 0.25) is 0 Å². The van der Waals surface area contributed by atoms with Crippen LogP contribution in [0.4, 0.5) is 0 Å². The Morgan fingerprint density at radius 2 is 2.14 bits per heavy atom. The van der Waals surface area contributed by atoms with Gasteiger partial charge in [0.15, 0.2) is 0 Å². The average Bonchev–Trinajstić information content (AvgIpc) is 2.95. The zero-order chi connectivity index (χ0) is 15.1. The van der Waals surface area contributed by atoms with Crippen molar-refractivity contribution in [1.82, 2.24) is 25.1 Å². The molecule has 0 aliphatic rings. The SMILES string of the molecule is CCCn1ncnc1CC(Cc1ccc(OC)nc1)NC. The van der Waals surface area contributed by atoms with Crippen LogP contribution in [0.15, 0.2) is 24.7 Å². The Kier molecular flexibility index (Phi) is 5.68. The fourth-order valence-electron chi connectivity index (χ4n) is 2.28. The number of methoxy groups -OCH3 is 1. The Labute approximate surface area is 125 Å². The van der Waals surface area contributed by atoms with Gasteiger partial charge in [0.2, 0.25) is 5.88 Å². The zero-order valence-electron chi connectivity index (χ0n) is 12.9. The first-order valence-corrected chi connectivity index (χ1v) is 7.29. The first kappa shape index (κ1) is 15.4. The molecular formula is C15H23N5O. The van der Waals surface area contributed by atoms with Crippen LogP contribution >= 0.6 is 0 Å². The van der Waals surface area contributed by atoms with E-state index in [0.717, 1.165) is 31.6 Å². The molecule has 2 heterocycles. The summed E-state index contributed by atoms with van der Waals surface area (Å²) in [7, 11) is 3.60. The lowest BCUT2D eigenvalue weighted by Gasteiger charge is -2.16. The van der Waals surface area contributed by atoms with Gasteiger partial charge in [-0.05, 0) is 25.5 Å². The molecule has 0 radical (unpaired) electrons. The van der Waals surface area contributed by atoms with Crippen molar-refractivity contribution in [3.05, 3.63) is 36.0 Å². The number of likely N-dealkylation sites (N-methyl/N-ethyl adjacent to an activating group) is 1. The Bertz CT molecular complexity index is 537. The third-order valence-electron chi connectivity index (χ3n) is 3.46. The molecule has 1 unspecified atom stereocenters. The van der Waals surface area contributed by atoms with E-state index in [2.05, 4.69) is 27.3 Å². The molecule has 0 spiro atoms. The van der Waals surface area contributed by atoms with Crippen LogP contribution in [0.1, 0.15) is 24.7 Å². The number of nitrogens with one attached hydrogen (secondary N) is 1. The summed E-state index contributed by atoms with van der Waals surface area (Å²) < 4.78 is 7.06. The maximum atomic E-state index is 5.08. The van der Waals surface area contributed by atoms with Gasteiger partial charge in [-0.2, -0.15) is 5.10 Å². The lowest BCUT2D eigenvalue weighted by atomic mass is 10.0. The van der Waals surface area contributed by atoms with E-state index in [1.54, 1.807) is 13.4 Å². The first-order valence-electron chi connectivity index (χ1n) is 7.29. The summed E-state index contributed by atoms with van der Waals surface area (Å²) in [6, 6.07) is 4.24. The van der Waals surface area contributed by atoms with E-state index in [0.29, 0.717) is 11.9 Å². The minimum Gasteiger partial charge on any atom is -0.481 e. The molecule has 0 bridgehead atoms. The lowest BCUT2D eigenvalue weighted by molar-refractivity contribution is 0.397. The van der Waals surface area contributed by atoms with E-state index in [1.807, 2.05) is 30.1 Å². The Morgan fingerprint density at radius 3 is 2.76 bits per heavy atom. The zero-order valence-corrected chi connectivity index (χ0v) is 12.9. The van der Waals surface area contributed by atoms with Gasteiger partial charge in [-0.15, -0.1) is 0 Å². The highest BCUT2D eigenvalue weighted by Crippen LogP contribution is 2.11. The van der Waals surface area contributed by atoms with Crippen LogP contribution in [-0.2, 0) is 19.4 Å². The van der Waals surface area contributed by atoms with Crippen molar-refractivity contribution in [2.24, 2.45) is 0 Å². The topological polar surface area (TPSA) is 64.9 Å². The first-order chi connectivity index (χ1) is 10.3. The van der Waals surface area contributed by atoms with Gasteiger partial charge in [-0.3, -0.25) is 4.68 Å². The van der Waals surface area contributed by atoms with E-state index < -0.39 is 0 Å². The average molecular weight is 289 g/mol. The highest BCUT2D eigenvalue weighted by Gasteiger charge is 2.13. The van der Waals surface area contributed by atoms with Crippen LogP contribution in [0, 0.1) is 0 Å². The fraction of sp³-hybridized carbons (Fsp3) is 0.533. The summed E-state index contributed by atoms with van der Waals surface area (Å²) >= 11 is 0. The molecule has 2 aromatic heterocycles. The van der Waals surface area contributed by atoms with Crippen LogP contribution in [0.25, 0.3) is 0 Å². The third kappa shape index (κ3) is 4.26. The largest absolute Gasteiger partial charge is 0.481 e. The van der Waals surface area contributed by atoms with Gasteiger partial charge in [0, 0.05) is 31.3 Å². The minimum atomic E-state index is 0.306. The van der Waals surface area contributed by atoms with Gasteiger partial charge in [0.1, 0.15) is 12.2 Å². The number of pyridine rings is 1. The number of hydrogen-bond acceptors (Lipinski definition) is 5. The quantitative estimate of drug-likeness (QED) is 0.797. The molecule has 0 amide bonds. The van der Waals surface area contributed by atoms with Crippen molar-refractivity contribution in [3.8, 4) is 5.88 Å². The van der Waals surface area contributed by atoms with E-state index >= 15 is 0 Å². The maximum absolute atomic E-state index is 5.08. The smallest absolute Gasteiger partial charge is 0.212 e. The molecular weight excluding hydrogens is 266 g/mol. The summed E-state index contributed by atoms with van der Waals surface area (Å²) in [5, 5.41) is 7.62. The molecule has 1 atom stereocenters. The van der Waals surface area contributed by atoms with Crippen LogP contribution in [-0.4, -0.2) is 39.9 Å². The predicted octanol–water partition coefficient (Wildman–Crippen LogP) is 1.46. The second kappa shape index (κ2) is 7.73. The van der Waals surface area contributed by atoms with Crippen molar-refractivity contribution in [1.29, 1.82) is 0 Å². The molecule has 1 N–H and O–H groups in total. The number of rotatable bonds is 8. The summed E-state index contributed by atoms with van der Waals surface area (Å²) in [5.74, 6) is 1.67. The molecule has 6 heteroatoms. The van der Waals surface area contributed by atoms with Gasteiger partial charge in [-0.25, -0.2) is 9.97 Å². The van der Waals surface area contributed by atoms with Crippen LogP contribution in [0.3, 0.4) is 0 Å². The van der Waals surface area contributed by atoms with E-state index in [9.17, 15) is 0 Å². The molecule has 0 aromatic carbocycles. The van der Waals surface area contributed by atoms with Crippen molar-refractivity contribution in [3.63, 3.8) is 0 Å². The predicted molar refractivity (Wildman–Crippen MR) is 81.4 cm³/mol. The monoisotopic (exact) mass is 289 g/mol. The minimum absolute atomic E-state index is 0.306. The summed E-state index contributed by atoms with van der Waals surface area (Å²) in [4.78, 5) is 8.61. The summed E-state index contributed by atoms with van der Waals surface area (Å²) in [6.45, 7) is 3.06. The molecule has 6 nitrogen and oxygen atoms in total. The molecule has 0 aliphatic heterocycles. The molecule has 0 saturated heterocycles. The normalized spacial score (nSPS) is 12.3. The second-order valence-electron chi connectivity index (χ2n) is 5.00. The van der Waals surface area contributed by atoms with E-state index in [4.69, 9.17) is 4.74 Å². The summed E-state index contributed by atoms with van der Waals surface area (Å²) in [5.41, 5.74) is 1.18. The number of nitrogens with zero attached hydrogens (tertiary/aromatic N) is 4. The summed E-state index contributed by atoms with van der Waals surface area (Å²) in [6.07, 6.45) is 6.30. The molecule has 2 aromatic rings. The van der Waals surface area contributed by atoms with Gasteiger partial charge in [0.05, 0.1) is 7.11 Å². The Balaban J connectivity index is 2.00. The highest BCUT2D eigenvalue weighted by atomic mass is 16.5. The van der Waals surface area contributed by atoms with Crippen molar-refractivity contribution < 1.29 is 4.74 Å². The second-order valence-corrected chi connectivity index (χ2v) is 5.00. The number of aromatic nitrogens is 4. The van der Waals surface area contributed by atoms with Crippen LogP contribution in [0.5, 0.6) is 5.88 Å². The molecule has 21 heavy (non-hydrogen) atoms. The standard InChI is InChI=1S/C15H23N5O/c1-4-7-20-14(18-11-19-20)9-13(16-2)8-12-5-6-15(21-3)17-10-12/h5-6,10-11,13,16H,4,7-9H2,1-3H3. The van der Waals surface area contributed by atoms with Crippen LogP contribution < -0.4 is 10.1 Å². The molecule has 0 fully saturated rings. The fourth-order valence-corrected chi connectivity index (χ4v) is 2.28. The van der Waals surface area contributed by atoms with E-state index in [-0.39, 0.29) is 0 Å². The van der Waals surface area contributed by atoms with E-state index in [1.165, 1.54) is 5.56 Å². The Morgan fingerprint density at radius 1 is 1.29 bits per heavy atom. The van der Waals surface area contributed by atoms with Gasteiger partial charge in [-0.1, -0.05) is 13.0 Å². The van der Waals surface area contributed by atoms with Gasteiger partial charge >= 0.3 is 0 Å². The third-order valence-corrected chi connectivity index (χ3v) is 3.46. The number of ether oxygens (including phenoxy) is 1. The molecule has 114 valence electrons. The van der Waals surface area contributed by atoms with Gasteiger partial charge in [0.25, 0.3) is 0 Å². The molecule has 0 saturated carbocycles. The molecule has 0 aliphatic carbocycles. The number of hydrogen-bond donors (Lipinski definition) is 1. The highest BCUT2D eigenvalue weighted by molar-refractivity contribution is 5.18. The van der Waals surface area contributed by atoms with Crippen molar-refractivity contribution >= 4 is 0 Å². The van der Waals surface area contributed by atoms with Crippen molar-refractivity contribution in [2.45, 2.75) is 38.8 Å². The van der Waals surface area contributed by atoms with Gasteiger partial charge < -0.3 is 10.1 Å². The molecule has 2 rings (SSSR count). The van der Waals surface area contributed by atoms with Crippen molar-refractivity contribution in [2.75, 3.05) is 14.2 Å². The maximum Gasteiger partial charge on any atom is 0.212 e. The number of aryl methyl sites for hydroxylation is 1. The Hall–Kier alpha value is -1.95.